The van der Waals surface area contributed by atoms with Crippen LogP contribution in [0, 0.1) is 23.6 Å². The number of carboxylic acid groups (broad SMARTS) is 1. The van der Waals surface area contributed by atoms with Crippen molar-refractivity contribution in [3.63, 3.8) is 0 Å². The van der Waals surface area contributed by atoms with Crippen LogP contribution in [0.1, 0.15) is 78.9 Å². The Hall–Kier alpha value is -3.96. The average molecular weight is 569 g/mol. The Morgan fingerprint density at radius 3 is 2.61 bits per heavy atom. The fourth-order valence-electron chi connectivity index (χ4n) is 6.31. The highest BCUT2D eigenvalue weighted by Crippen LogP contribution is 2.39. The van der Waals surface area contributed by atoms with Crippen LogP contribution in [-0.2, 0) is 11.2 Å². The largest absolute Gasteiger partial charge is 0.465 e. The van der Waals surface area contributed by atoms with E-state index in [1.54, 1.807) is 26.2 Å². The first-order valence-electron chi connectivity index (χ1n) is 14.2. The predicted octanol–water partition coefficient (Wildman–Crippen LogP) is 4.33. The van der Waals surface area contributed by atoms with E-state index in [0.29, 0.717) is 34.9 Å². The van der Waals surface area contributed by atoms with E-state index < -0.39 is 29.8 Å². The van der Waals surface area contributed by atoms with Crippen molar-refractivity contribution < 1.29 is 28.4 Å². The second kappa shape index (κ2) is 11.5. The Labute approximate surface area is 237 Å². The molecule has 1 saturated heterocycles. The van der Waals surface area contributed by atoms with E-state index in [1.165, 1.54) is 11.2 Å². The first-order valence-corrected chi connectivity index (χ1v) is 14.2. The van der Waals surface area contributed by atoms with Crippen LogP contribution in [0.4, 0.5) is 9.18 Å². The van der Waals surface area contributed by atoms with E-state index >= 15 is 4.39 Å². The lowest BCUT2D eigenvalue weighted by Crippen LogP contribution is -2.36. The summed E-state index contributed by atoms with van der Waals surface area (Å²) < 4.78 is 21.2. The lowest BCUT2D eigenvalue weighted by Gasteiger charge is -2.32. The second-order valence-electron chi connectivity index (χ2n) is 11.6. The molecule has 12 heteroatoms. The Morgan fingerprint density at radius 2 is 1.95 bits per heavy atom. The van der Waals surface area contributed by atoms with Gasteiger partial charge in [-0.25, -0.2) is 14.2 Å². The number of nitrogens with one attached hydrogen (secondary N) is 2. The fraction of sp³-hybridized carbons (Fsp3) is 0.552. The molecule has 220 valence electrons. The number of amides is 3. The molecule has 11 nitrogen and oxygen atoms in total. The van der Waals surface area contributed by atoms with E-state index in [0.717, 1.165) is 30.6 Å². The maximum atomic E-state index is 16.2. The summed E-state index contributed by atoms with van der Waals surface area (Å²) in [4.78, 5) is 48.4. The summed E-state index contributed by atoms with van der Waals surface area (Å²) in [6, 6.07) is 2.83. The van der Waals surface area contributed by atoms with Gasteiger partial charge in [-0.15, -0.1) is 0 Å². The van der Waals surface area contributed by atoms with Crippen molar-refractivity contribution >= 4 is 28.9 Å². The maximum Gasteiger partial charge on any atom is 0.407 e. The van der Waals surface area contributed by atoms with Gasteiger partial charge in [0.05, 0.1) is 23.2 Å². The topological polar surface area (TPSA) is 145 Å². The molecule has 1 aliphatic carbocycles. The van der Waals surface area contributed by atoms with Gasteiger partial charge in [-0.2, -0.15) is 0 Å². The SMILES string of the molecule is CCc1nocc1C(=O)N[C@H](c1nc2c(F)c(C3CN(C(=O)O)CC3C(=O)N(C)C)ccc2[nH]1)C1CCC(C)CC1. The minimum Gasteiger partial charge on any atom is -0.465 e. The molecule has 1 saturated carbocycles. The van der Waals surface area contributed by atoms with E-state index in [1.807, 2.05) is 6.92 Å². The van der Waals surface area contributed by atoms with Crippen LogP contribution >= 0.6 is 0 Å². The van der Waals surface area contributed by atoms with E-state index in [9.17, 15) is 19.5 Å². The summed E-state index contributed by atoms with van der Waals surface area (Å²) in [6.45, 7) is 4.12. The number of nitrogens with zero attached hydrogens (tertiary/aromatic N) is 4. The van der Waals surface area contributed by atoms with Gasteiger partial charge in [0.2, 0.25) is 5.91 Å². The molecule has 3 N–H and O–H groups in total. The molecule has 5 rings (SSSR count). The summed E-state index contributed by atoms with van der Waals surface area (Å²) in [5.41, 5.74) is 1.75. The molecule has 0 spiro atoms. The monoisotopic (exact) mass is 568 g/mol. The number of fused-ring (bicyclic) bond motifs is 1. The van der Waals surface area contributed by atoms with Gasteiger partial charge in [-0.05, 0) is 42.7 Å². The number of aryl methyl sites for hydroxylation is 1. The number of aromatic amines is 1. The van der Waals surface area contributed by atoms with Gasteiger partial charge in [0.1, 0.15) is 23.2 Å². The molecule has 1 aromatic carbocycles. The van der Waals surface area contributed by atoms with Crippen LogP contribution in [0.2, 0.25) is 0 Å². The zero-order valence-corrected chi connectivity index (χ0v) is 23.8. The number of rotatable bonds is 7. The second-order valence-corrected chi connectivity index (χ2v) is 11.6. The van der Waals surface area contributed by atoms with Crippen molar-refractivity contribution in [2.75, 3.05) is 27.2 Å². The molecule has 2 fully saturated rings. The number of imidazole rings is 1. The van der Waals surface area contributed by atoms with Gasteiger partial charge >= 0.3 is 6.09 Å². The van der Waals surface area contributed by atoms with Crippen LogP contribution < -0.4 is 5.32 Å². The first kappa shape index (κ1) is 28.6. The number of carbonyl (C=O) groups excluding carboxylic acids is 2. The van der Waals surface area contributed by atoms with Gasteiger partial charge in [0.15, 0.2) is 5.82 Å². The summed E-state index contributed by atoms with van der Waals surface area (Å²) >= 11 is 0. The molecule has 3 atom stereocenters. The minimum atomic E-state index is -1.15. The van der Waals surface area contributed by atoms with Crippen molar-refractivity contribution in [2.45, 2.75) is 57.9 Å². The number of hydrogen-bond donors (Lipinski definition) is 3. The number of benzene rings is 1. The number of hydrogen-bond acceptors (Lipinski definition) is 6. The highest BCUT2D eigenvalue weighted by molar-refractivity contribution is 5.95. The summed E-state index contributed by atoms with van der Waals surface area (Å²) in [5, 5.41) is 16.6. The number of aromatic nitrogens is 3. The van der Waals surface area contributed by atoms with Gasteiger partial charge in [0.25, 0.3) is 5.91 Å². The first-order chi connectivity index (χ1) is 19.6. The lowest BCUT2D eigenvalue weighted by atomic mass is 9.79. The third-order valence-electron chi connectivity index (χ3n) is 8.73. The quantitative estimate of drug-likeness (QED) is 0.385. The molecule has 41 heavy (non-hydrogen) atoms. The van der Waals surface area contributed by atoms with Crippen molar-refractivity contribution in [3.8, 4) is 0 Å². The van der Waals surface area contributed by atoms with Crippen LogP contribution in [0.25, 0.3) is 11.0 Å². The number of H-pyrrole nitrogens is 1. The van der Waals surface area contributed by atoms with Crippen LogP contribution in [0.5, 0.6) is 0 Å². The lowest BCUT2D eigenvalue weighted by molar-refractivity contribution is -0.132. The van der Waals surface area contributed by atoms with Crippen LogP contribution in [0.15, 0.2) is 22.9 Å². The fourth-order valence-corrected chi connectivity index (χ4v) is 6.31. The molecule has 3 aromatic rings. The average Bonchev–Trinajstić information content (AvgIpc) is 3.70. The molecule has 2 aromatic heterocycles. The Balaban J connectivity index is 1.50. The normalized spacial score (nSPS) is 23.5. The molecule has 0 bridgehead atoms. The van der Waals surface area contributed by atoms with E-state index in [4.69, 9.17) is 4.52 Å². The Bertz CT molecular complexity index is 1440. The Kier molecular flexibility index (Phi) is 8.01. The third kappa shape index (κ3) is 5.51. The van der Waals surface area contributed by atoms with Gasteiger partial charge in [-0.1, -0.05) is 37.9 Å². The highest BCUT2D eigenvalue weighted by Gasteiger charge is 2.43. The van der Waals surface area contributed by atoms with Crippen molar-refractivity contribution in [1.82, 2.24) is 30.2 Å². The molecule has 3 heterocycles. The summed E-state index contributed by atoms with van der Waals surface area (Å²) in [7, 11) is 3.21. The summed E-state index contributed by atoms with van der Waals surface area (Å²) in [5.74, 6) is -1.37. The Morgan fingerprint density at radius 1 is 1.22 bits per heavy atom. The van der Waals surface area contributed by atoms with Crippen molar-refractivity contribution in [3.05, 3.63) is 46.9 Å². The predicted molar refractivity (Wildman–Crippen MR) is 148 cm³/mol. The maximum absolute atomic E-state index is 16.2. The van der Waals surface area contributed by atoms with Gasteiger partial charge in [-0.3, -0.25) is 9.59 Å². The molecule has 3 amide bonds. The summed E-state index contributed by atoms with van der Waals surface area (Å²) in [6.07, 6.45) is 4.56. The van der Waals surface area contributed by atoms with Gasteiger partial charge < -0.3 is 29.7 Å². The number of halogens is 1. The molecule has 2 aliphatic rings. The van der Waals surface area contributed by atoms with Crippen molar-refractivity contribution in [1.29, 1.82) is 0 Å². The molecular formula is C29H37FN6O5. The number of carbonyl (C=O) groups is 3. The zero-order chi connectivity index (χ0) is 29.4. The van der Waals surface area contributed by atoms with E-state index in [-0.39, 0.29) is 41.9 Å². The minimum absolute atomic E-state index is 0.00285. The standard InChI is InChI=1S/C29H37FN6O5/c1-5-21-20(14-41-34-21)27(37)33-24(16-8-6-15(2)7-9-16)26-31-22-11-10-17(23(30)25(22)32-26)18-12-36(29(39)40)13-19(18)28(38)35(3)4/h10-11,14-16,18-19,24H,5-9,12-13H2,1-4H3,(H,31,32)(H,33,37)(H,39,40)/t15?,16?,18?,19?,24-/m0/s1. The molecular weight excluding hydrogens is 531 g/mol. The number of likely N-dealkylation sites (tertiary alicyclic amines) is 1. The zero-order valence-electron chi connectivity index (χ0n) is 23.8. The van der Waals surface area contributed by atoms with Gasteiger partial charge in [0, 0.05) is 33.1 Å². The van der Waals surface area contributed by atoms with Crippen molar-refractivity contribution in [2.24, 2.45) is 17.8 Å². The highest BCUT2D eigenvalue weighted by atomic mass is 19.1. The molecule has 1 aliphatic heterocycles. The molecule has 2 unspecified atom stereocenters. The third-order valence-corrected chi connectivity index (χ3v) is 8.73. The smallest absolute Gasteiger partial charge is 0.407 e. The molecule has 0 radical (unpaired) electrons. The van der Waals surface area contributed by atoms with Crippen LogP contribution in [-0.4, -0.2) is 75.1 Å². The van der Waals surface area contributed by atoms with Crippen LogP contribution in [0.3, 0.4) is 0 Å². The van der Waals surface area contributed by atoms with E-state index in [2.05, 4.69) is 27.4 Å².